The Kier molecular flexibility index (Phi) is 6.61. The van der Waals surface area contributed by atoms with Crippen LogP contribution in [0.25, 0.3) is 93.6 Å². The quantitative estimate of drug-likeness (QED) is 0.184. The molecule has 55 heavy (non-hydrogen) atoms. The summed E-state index contributed by atoms with van der Waals surface area (Å²) in [6.07, 6.45) is 0. The van der Waals surface area contributed by atoms with E-state index in [0.29, 0.717) is 11.1 Å². The second-order valence-corrected chi connectivity index (χ2v) is 14.0. The molecule has 0 atom stereocenters. The van der Waals surface area contributed by atoms with E-state index >= 15 is 0 Å². The van der Waals surface area contributed by atoms with Crippen LogP contribution in [0.3, 0.4) is 0 Å². The van der Waals surface area contributed by atoms with E-state index in [0.717, 1.165) is 82.8 Å². The number of aromatic nitrogens is 3. The molecule has 0 spiro atoms. The second-order valence-electron chi connectivity index (χ2n) is 14.0. The number of hydrogen-bond acceptors (Lipinski definition) is 2. The predicted octanol–water partition coefficient (Wildman–Crippen LogP) is 12.4. The first kappa shape index (κ1) is 30.7. The largest absolute Gasteiger partial charge is 0.308 e. The molecule has 8 aromatic carbocycles. The smallest absolute Gasteiger partial charge is 0.101 e. The maximum atomic E-state index is 10.3. The van der Waals surface area contributed by atoms with E-state index in [1.807, 2.05) is 36.4 Å². The van der Waals surface area contributed by atoms with Crippen LogP contribution in [-0.4, -0.2) is 13.7 Å². The molecule has 3 heterocycles. The minimum Gasteiger partial charge on any atom is -0.308 e. The average Bonchev–Trinajstić information content (AvgIpc) is 3.89. The molecule has 11 aromatic rings. The van der Waals surface area contributed by atoms with E-state index in [1.54, 1.807) is 0 Å². The van der Waals surface area contributed by atoms with Crippen LogP contribution < -0.4 is 0 Å². The maximum absolute atomic E-state index is 10.3. The molecule has 5 nitrogen and oxygen atoms in total. The van der Waals surface area contributed by atoms with Gasteiger partial charge in [-0.05, 0) is 66.2 Å². The standard InChI is InChI=1S/C50H29N5/c51-30-32-26-27-36(33-12-9-14-35(29-33)53-43-21-5-3-17-39(43)41-19-10-13-34(31-52)49(41)53)48(28-32)55-46-24-8-4-18-40(46)42-20-11-25-47(50(42)55)54-44-22-6-1-15-37(44)38-16-2-7-23-45(38)54/h1-29H. The fourth-order valence-electron chi connectivity index (χ4n) is 8.83. The topological polar surface area (TPSA) is 62.4 Å². The Hall–Kier alpha value is -7.86. The minimum atomic E-state index is 0.580. The van der Waals surface area contributed by atoms with E-state index in [2.05, 4.69) is 165 Å². The van der Waals surface area contributed by atoms with Gasteiger partial charge in [-0.3, -0.25) is 0 Å². The van der Waals surface area contributed by atoms with Crippen molar-refractivity contribution in [3.05, 3.63) is 187 Å². The van der Waals surface area contributed by atoms with E-state index < -0.39 is 0 Å². The Morgan fingerprint density at radius 1 is 0.364 bits per heavy atom. The number of fused-ring (bicyclic) bond motifs is 9. The highest BCUT2D eigenvalue weighted by molar-refractivity contribution is 6.15. The van der Waals surface area contributed by atoms with Gasteiger partial charge in [0.15, 0.2) is 0 Å². The molecule has 0 aliphatic rings. The lowest BCUT2D eigenvalue weighted by atomic mass is 10.0. The zero-order valence-electron chi connectivity index (χ0n) is 29.5. The molecule has 0 radical (unpaired) electrons. The molecule has 0 fully saturated rings. The Bertz CT molecular complexity index is 3420. The predicted molar refractivity (Wildman–Crippen MR) is 224 cm³/mol. The molecule has 0 unspecified atom stereocenters. The Morgan fingerprint density at radius 2 is 0.891 bits per heavy atom. The molecule has 0 aliphatic heterocycles. The van der Waals surface area contributed by atoms with Gasteiger partial charge in [0, 0.05) is 43.6 Å². The highest BCUT2D eigenvalue weighted by atomic mass is 15.1. The van der Waals surface area contributed by atoms with Crippen LogP contribution in [0.2, 0.25) is 0 Å². The third-order valence-electron chi connectivity index (χ3n) is 11.1. The van der Waals surface area contributed by atoms with Crippen molar-refractivity contribution >= 4 is 65.4 Å². The van der Waals surface area contributed by atoms with Gasteiger partial charge in [-0.25, -0.2) is 0 Å². The van der Waals surface area contributed by atoms with Crippen LogP contribution in [0.15, 0.2) is 176 Å². The SMILES string of the molecule is N#Cc1ccc(-c2cccc(-n3c4ccccc4c4cccc(C#N)c43)c2)c(-n2c3ccccc3c3cccc(-n4c5ccccc5c5ccccc54)c32)c1. The highest BCUT2D eigenvalue weighted by Gasteiger charge is 2.22. The first-order valence-electron chi connectivity index (χ1n) is 18.3. The molecule has 0 bridgehead atoms. The Morgan fingerprint density at radius 3 is 1.53 bits per heavy atom. The number of rotatable bonds is 4. The molecule has 0 saturated carbocycles. The van der Waals surface area contributed by atoms with Crippen molar-refractivity contribution in [1.82, 2.24) is 13.7 Å². The first-order chi connectivity index (χ1) is 27.2. The lowest BCUT2D eigenvalue weighted by Crippen LogP contribution is -2.03. The van der Waals surface area contributed by atoms with Crippen LogP contribution in [0.1, 0.15) is 11.1 Å². The summed E-state index contributed by atoms with van der Waals surface area (Å²) >= 11 is 0. The van der Waals surface area contributed by atoms with Crippen LogP contribution >= 0.6 is 0 Å². The zero-order chi connectivity index (χ0) is 36.6. The maximum Gasteiger partial charge on any atom is 0.101 e. The van der Waals surface area contributed by atoms with Crippen molar-refractivity contribution in [3.63, 3.8) is 0 Å². The Labute approximate surface area is 316 Å². The summed E-state index contributed by atoms with van der Waals surface area (Å²) in [7, 11) is 0. The summed E-state index contributed by atoms with van der Waals surface area (Å²) in [5, 5.41) is 27.4. The molecule has 254 valence electrons. The average molecular weight is 700 g/mol. The summed E-state index contributed by atoms with van der Waals surface area (Å²) in [4.78, 5) is 0. The van der Waals surface area contributed by atoms with Crippen LogP contribution in [-0.2, 0) is 0 Å². The summed E-state index contributed by atoms with van der Waals surface area (Å²) in [6, 6.07) is 65.9. The normalized spacial score (nSPS) is 11.6. The third kappa shape index (κ3) is 4.39. The molecule has 5 heteroatoms. The summed E-state index contributed by atoms with van der Waals surface area (Å²) in [6.45, 7) is 0. The van der Waals surface area contributed by atoms with Gasteiger partial charge in [0.2, 0.25) is 0 Å². The molecule has 0 N–H and O–H groups in total. The molecule has 11 rings (SSSR count). The van der Waals surface area contributed by atoms with Gasteiger partial charge in [0.1, 0.15) is 6.07 Å². The fraction of sp³-hybridized carbons (Fsp3) is 0. The van der Waals surface area contributed by atoms with Crippen molar-refractivity contribution in [3.8, 4) is 40.3 Å². The molecule has 0 aliphatic carbocycles. The van der Waals surface area contributed by atoms with E-state index in [4.69, 9.17) is 0 Å². The van der Waals surface area contributed by atoms with Crippen molar-refractivity contribution in [1.29, 1.82) is 10.5 Å². The van der Waals surface area contributed by atoms with Gasteiger partial charge in [-0.1, -0.05) is 115 Å². The van der Waals surface area contributed by atoms with Gasteiger partial charge in [0.05, 0.1) is 61.7 Å². The van der Waals surface area contributed by atoms with E-state index in [-0.39, 0.29) is 0 Å². The monoisotopic (exact) mass is 699 g/mol. The van der Waals surface area contributed by atoms with Crippen LogP contribution in [0.5, 0.6) is 0 Å². The van der Waals surface area contributed by atoms with Gasteiger partial charge < -0.3 is 13.7 Å². The number of hydrogen-bond donors (Lipinski definition) is 0. The van der Waals surface area contributed by atoms with E-state index in [1.165, 1.54) is 10.8 Å². The lowest BCUT2D eigenvalue weighted by Gasteiger charge is -2.18. The van der Waals surface area contributed by atoms with Gasteiger partial charge >= 0.3 is 0 Å². The van der Waals surface area contributed by atoms with Crippen LogP contribution in [0.4, 0.5) is 0 Å². The second kappa shape index (κ2) is 11.8. The first-order valence-corrected chi connectivity index (χ1v) is 18.3. The fourth-order valence-corrected chi connectivity index (χ4v) is 8.83. The van der Waals surface area contributed by atoms with Crippen LogP contribution in [0, 0.1) is 22.7 Å². The minimum absolute atomic E-state index is 0.580. The zero-order valence-corrected chi connectivity index (χ0v) is 29.5. The number of nitrogens with zero attached hydrogens (tertiary/aromatic N) is 5. The molecular weight excluding hydrogens is 671 g/mol. The van der Waals surface area contributed by atoms with Crippen molar-refractivity contribution in [2.45, 2.75) is 0 Å². The van der Waals surface area contributed by atoms with Gasteiger partial charge in [-0.2, -0.15) is 10.5 Å². The molecular formula is C50H29N5. The summed E-state index contributed by atoms with van der Waals surface area (Å²) in [5.74, 6) is 0. The van der Waals surface area contributed by atoms with E-state index in [9.17, 15) is 10.5 Å². The van der Waals surface area contributed by atoms with Crippen molar-refractivity contribution in [2.75, 3.05) is 0 Å². The van der Waals surface area contributed by atoms with Crippen molar-refractivity contribution < 1.29 is 0 Å². The highest BCUT2D eigenvalue weighted by Crippen LogP contribution is 2.42. The van der Waals surface area contributed by atoms with Crippen molar-refractivity contribution in [2.24, 2.45) is 0 Å². The number of para-hydroxylation sites is 6. The summed E-state index contributed by atoms with van der Waals surface area (Å²) < 4.78 is 6.93. The summed E-state index contributed by atoms with van der Waals surface area (Å²) in [5.41, 5.74) is 12.4. The number of benzene rings is 8. The molecule has 0 amide bonds. The van der Waals surface area contributed by atoms with Gasteiger partial charge in [0.25, 0.3) is 0 Å². The number of nitriles is 2. The lowest BCUT2D eigenvalue weighted by molar-refractivity contribution is 1.13. The third-order valence-corrected chi connectivity index (χ3v) is 11.1. The Balaban J connectivity index is 1.23. The molecule has 3 aromatic heterocycles. The van der Waals surface area contributed by atoms with Gasteiger partial charge in [-0.15, -0.1) is 0 Å². The molecule has 0 saturated heterocycles.